The third-order valence-electron chi connectivity index (χ3n) is 7.14. The first-order valence-electron chi connectivity index (χ1n) is 11.4. The molecule has 6 heteroatoms. The van der Waals surface area contributed by atoms with Crippen LogP contribution in [0.3, 0.4) is 0 Å². The maximum absolute atomic E-state index is 14.7. The highest BCUT2D eigenvalue weighted by atomic mass is 28.4. The number of pyridine rings is 1. The van der Waals surface area contributed by atoms with E-state index in [1.165, 1.54) is 0 Å². The average Bonchev–Trinajstić information content (AvgIpc) is 2.84. The molecule has 1 aliphatic carbocycles. The number of fused-ring (bicyclic) bond motifs is 1. The lowest BCUT2D eigenvalue weighted by Crippen LogP contribution is -2.48. The number of nitrogens with two attached hydrogens (primary N) is 1. The molecule has 1 aromatic carbocycles. The molecule has 3 rings (SSSR count). The molecule has 0 saturated carbocycles. The fourth-order valence-electron chi connectivity index (χ4n) is 5.77. The van der Waals surface area contributed by atoms with Gasteiger partial charge < -0.3 is 10.2 Å². The fourth-order valence-corrected chi connectivity index (χ4v) is 11.3. The molecule has 3 atom stereocenters. The van der Waals surface area contributed by atoms with Crippen molar-refractivity contribution < 1.29 is 13.2 Å². The van der Waals surface area contributed by atoms with Gasteiger partial charge in [0.1, 0.15) is 0 Å². The molecule has 0 aliphatic heterocycles. The smallest absolute Gasteiger partial charge is 0.201 e. The molecule has 0 unspecified atom stereocenters. The Morgan fingerprint density at radius 3 is 2.16 bits per heavy atom. The number of benzene rings is 1. The molecule has 3 nitrogen and oxygen atoms in total. The number of rotatable bonds is 6. The standard InChI is InChI=1S/C25H36F2N2OSi/c1-15(2)31(16(3)4,17(5)6)30-22-13-12-19(18-9-7-11-21(26)23(18)27)24(28)20-10-8-14-29-25(20)22/h7-11,14-17,19,22,24H,12-13,28H2,1-6H3/t19-,22+,24-/m1/s1. The van der Waals surface area contributed by atoms with Crippen LogP contribution in [0.4, 0.5) is 8.78 Å². The van der Waals surface area contributed by atoms with Gasteiger partial charge in [0, 0.05) is 18.2 Å². The zero-order valence-electron chi connectivity index (χ0n) is 19.5. The first-order valence-corrected chi connectivity index (χ1v) is 13.6. The third-order valence-corrected chi connectivity index (χ3v) is 13.3. The molecule has 0 spiro atoms. The Hall–Kier alpha value is -1.63. The lowest BCUT2D eigenvalue weighted by molar-refractivity contribution is 0.159. The minimum atomic E-state index is -2.16. The molecule has 0 bridgehead atoms. The van der Waals surface area contributed by atoms with Gasteiger partial charge in [-0.3, -0.25) is 4.98 Å². The van der Waals surface area contributed by atoms with E-state index in [4.69, 9.17) is 15.1 Å². The normalized spacial score (nSPS) is 22.1. The summed E-state index contributed by atoms with van der Waals surface area (Å²) in [4.78, 5) is 4.69. The molecule has 0 radical (unpaired) electrons. The summed E-state index contributed by atoms with van der Waals surface area (Å²) in [5.74, 6) is -1.97. The van der Waals surface area contributed by atoms with E-state index in [9.17, 15) is 8.78 Å². The van der Waals surface area contributed by atoms with Crippen LogP contribution in [-0.2, 0) is 4.43 Å². The van der Waals surface area contributed by atoms with E-state index in [0.717, 1.165) is 17.3 Å². The van der Waals surface area contributed by atoms with Crippen LogP contribution < -0.4 is 5.73 Å². The summed E-state index contributed by atoms with van der Waals surface area (Å²) >= 11 is 0. The molecule has 1 heterocycles. The highest BCUT2D eigenvalue weighted by Crippen LogP contribution is 2.49. The number of nitrogens with zero attached hydrogens (tertiary/aromatic N) is 1. The Bertz CT molecular complexity index is 881. The monoisotopic (exact) mass is 446 g/mol. The number of aromatic nitrogens is 1. The molecule has 0 fully saturated rings. The maximum Gasteiger partial charge on any atom is 0.201 e. The summed E-state index contributed by atoms with van der Waals surface area (Å²) in [6, 6.07) is 7.70. The summed E-state index contributed by atoms with van der Waals surface area (Å²) in [6.07, 6.45) is 2.87. The van der Waals surface area contributed by atoms with Gasteiger partial charge in [0.25, 0.3) is 0 Å². The topological polar surface area (TPSA) is 48.1 Å². The number of hydrogen-bond donors (Lipinski definition) is 1. The van der Waals surface area contributed by atoms with Gasteiger partial charge in [0.15, 0.2) is 11.6 Å². The first kappa shape index (κ1) is 24.0. The second-order valence-electron chi connectivity index (χ2n) is 9.75. The van der Waals surface area contributed by atoms with E-state index >= 15 is 0 Å². The van der Waals surface area contributed by atoms with Crippen molar-refractivity contribution in [3.63, 3.8) is 0 Å². The van der Waals surface area contributed by atoms with Gasteiger partial charge in [0.05, 0.1) is 11.8 Å². The maximum atomic E-state index is 14.7. The Kier molecular flexibility index (Phi) is 7.34. The molecule has 0 saturated heterocycles. The van der Waals surface area contributed by atoms with Crippen molar-refractivity contribution in [1.82, 2.24) is 4.98 Å². The van der Waals surface area contributed by atoms with Crippen molar-refractivity contribution in [2.75, 3.05) is 0 Å². The minimum Gasteiger partial charge on any atom is -0.408 e. The SMILES string of the molecule is CC(C)[Si](O[C@H]1CC[C@H](c2cccc(F)c2F)[C@@H](N)c2cccnc21)(C(C)C)C(C)C. The van der Waals surface area contributed by atoms with E-state index in [1.54, 1.807) is 18.3 Å². The summed E-state index contributed by atoms with van der Waals surface area (Å²) in [6.45, 7) is 13.6. The van der Waals surface area contributed by atoms with Crippen LogP contribution in [0.5, 0.6) is 0 Å². The summed E-state index contributed by atoms with van der Waals surface area (Å²) in [5, 5.41) is 0. The summed E-state index contributed by atoms with van der Waals surface area (Å²) in [7, 11) is -2.16. The molecule has 0 amide bonds. The van der Waals surface area contributed by atoms with Crippen molar-refractivity contribution in [1.29, 1.82) is 0 Å². The quantitative estimate of drug-likeness (QED) is 0.378. The van der Waals surface area contributed by atoms with Crippen LogP contribution in [0.25, 0.3) is 0 Å². The van der Waals surface area contributed by atoms with Crippen molar-refractivity contribution >= 4 is 8.32 Å². The van der Waals surface area contributed by atoms with Gasteiger partial charge in [-0.2, -0.15) is 0 Å². The second kappa shape index (κ2) is 9.47. The molecule has 170 valence electrons. The predicted molar refractivity (Wildman–Crippen MR) is 124 cm³/mol. The van der Waals surface area contributed by atoms with Crippen molar-refractivity contribution in [3.05, 3.63) is 65.0 Å². The number of halogens is 2. The second-order valence-corrected chi connectivity index (χ2v) is 15.2. The zero-order chi connectivity index (χ0) is 22.9. The van der Waals surface area contributed by atoms with Crippen molar-refractivity contribution in [2.45, 2.75) is 89.1 Å². The Balaban J connectivity index is 2.06. The largest absolute Gasteiger partial charge is 0.408 e. The van der Waals surface area contributed by atoms with Crippen LogP contribution in [0.2, 0.25) is 16.6 Å². The first-order chi connectivity index (χ1) is 14.6. The van der Waals surface area contributed by atoms with E-state index in [0.29, 0.717) is 35.0 Å². The third kappa shape index (κ3) is 4.35. The molecule has 2 N–H and O–H groups in total. The Labute approximate surface area is 186 Å². The van der Waals surface area contributed by atoms with Crippen LogP contribution in [0, 0.1) is 11.6 Å². The van der Waals surface area contributed by atoms with Gasteiger partial charge in [0.2, 0.25) is 8.32 Å². The van der Waals surface area contributed by atoms with Crippen LogP contribution in [0.15, 0.2) is 36.5 Å². The highest BCUT2D eigenvalue weighted by molar-refractivity contribution is 6.77. The van der Waals surface area contributed by atoms with Crippen molar-refractivity contribution in [2.24, 2.45) is 5.73 Å². The highest BCUT2D eigenvalue weighted by Gasteiger charge is 2.48. The Morgan fingerprint density at radius 1 is 0.935 bits per heavy atom. The molecular formula is C25H36F2N2OSi. The summed E-state index contributed by atoms with van der Waals surface area (Å²) < 4.78 is 35.8. The lowest BCUT2D eigenvalue weighted by atomic mass is 9.86. The van der Waals surface area contributed by atoms with Crippen molar-refractivity contribution in [3.8, 4) is 0 Å². The van der Waals surface area contributed by atoms with Gasteiger partial charge in [-0.15, -0.1) is 0 Å². The molecule has 2 aromatic rings. The zero-order valence-corrected chi connectivity index (χ0v) is 20.5. The molecule has 1 aromatic heterocycles. The fraction of sp³-hybridized carbons (Fsp3) is 0.560. The van der Waals surface area contributed by atoms with Gasteiger partial charge in [-0.1, -0.05) is 59.7 Å². The van der Waals surface area contributed by atoms with E-state index < -0.39 is 26.0 Å². The van der Waals surface area contributed by atoms with Crippen LogP contribution >= 0.6 is 0 Å². The summed E-state index contributed by atoms with van der Waals surface area (Å²) in [5.41, 5.74) is 10.1. The van der Waals surface area contributed by atoms with E-state index in [1.807, 2.05) is 12.1 Å². The minimum absolute atomic E-state index is 0.192. The van der Waals surface area contributed by atoms with Crippen LogP contribution in [0.1, 0.15) is 89.3 Å². The lowest BCUT2D eigenvalue weighted by Gasteiger charge is -2.44. The average molecular weight is 447 g/mol. The number of hydrogen-bond acceptors (Lipinski definition) is 3. The predicted octanol–water partition coefficient (Wildman–Crippen LogP) is 7.17. The molecule has 31 heavy (non-hydrogen) atoms. The molecular weight excluding hydrogens is 410 g/mol. The van der Waals surface area contributed by atoms with E-state index in [2.05, 4.69) is 41.5 Å². The van der Waals surface area contributed by atoms with Gasteiger partial charge in [-0.25, -0.2) is 8.78 Å². The molecule has 1 aliphatic rings. The van der Waals surface area contributed by atoms with Gasteiger partial charge >= 0.3 is 0 Å². The van der Waals surface area contributed by atoms with Crippen LogP contribution in [-0.4, -0.2) is 13.3 Å². The van der Waals surface area contributed by atoms with Gasteiger partial charge in [-0.05, 0) is 52.7 Å². The Morgan fingerprint density at radius 2 is 1.55 bits per heavy atom. The van der Waals surface area contributed by atoms with E-state index in [-0.39, 0.29) is 12.0 Å².